The van der Waals surface area contributed by atoms with E-state index in [1.54, 1.807) is 23.3 Å². The molecule has 3 heterocycles. The maximum atomic E-state index is 5.73. The first-order chi connectivity index (χ1) is 11.2. The van der Waals surface area contributed by atoms with E-state index >= 15 is 0 Å². The third-order valence-corrected chi connectivity index (χ3v) is 4.31. The van der Waals surface area contributed by atoms with Crippen LogP contribution in [0.5, 0.6) is 0 Å². The molecule has 7 nitrogen and oxygen atoms in total. The van der Waals surface area contributed by atoms with Gasteiger partial charge < -0.3 is 11.1 Å². The Bertz CT molecular complexity index is 988. The minimum atomic E-state index is 0.557. The van der Waals surface area contributed by atoms with E-state index in [1.807, 2.05) is 25.4 Å². The quantitative estimate of drug-likeness (QED) is 0.602. The van der Waals surface area contributed by atoms with E-state index in [-0.39, 0.29) is 0 Å². The minimum absolute atomic E-state index is 0.557. The Morgan fingerprint density at radius 1 is 1.22 bits per heavy atom. The highest BCUT2D eigenvalue weighted by molar-refractivity contribution is 7.18. The normalized spacial score (nSPS) is 11.0. The van der Waals surface area contributed by atoms with Crippen LogP contribution in [0.15, 0.2) is 43.0 Å². The van der Waals surface area contributed by atoms with Gasteiger partial charge in [-0.1, -0.05) is 17.4 Å². The molecule has 0 saturated carbocycles. The highest BCUT2D eigenvalue weighted by atomic mass is 32.1. The molecule has 3 N–H and O–H groups in total. The number of aryl methyl sites for hydroxylation is 1. The van der Waals surface area contributed by atoms with Crippen molar-refractivity contribution >= 4 is 38.7 Å². The summed E-state index contributed by atoms with van der Waals surface area (Å²) in [5.41, 5.74) is 9.37. The maximum absolute atomic E-state index is 5.73. The van der Waals surface area contributed by atoms with Crippen molar-refractivity contribution in [3.8, 4) is 10.4 Å². The second-order valence-electron chi connectivity index (χ2n) is 5.08. The fourth-order valence-electron chi connectivity index (χ4n) is 2.37. The van der Waals surface area contributed by atoms with Crippen LogP contribution in [-0.4, -0.2) is 25.0 Å². The highest BCUT2D eigenvalue weighted by Crippen LogP contribution is 2.32. The number of fused-ring (bicyclic) bond motifs is 1. The van der Waals surface area contributed by atoms with Gasteiger partial charge in [-0.05, 0) is 17.7 Å². The van der Waals surface area contributed by atoms with Gasteiger partial charge in [-0.25, -0.2) is 4.98 Å². The molecule has 0 unspecified atom stereocenters. The van der Waals surface area contributed by atoms with Gasteiger partial charge in [0.25, 0.3) is 0 Å². The van der Waals surface area contributed by atoms with Crippen molar-refractivity contribution in [1.29, 1.82) is 0 Å². The molecule has 3 aromatic heterocycles. The number of nitrogens with zero attached hydrogens (tertiary/aromatic N) is 5. The van der Waals surface area contributed by atoms with Crippen LogP contribution >= 0.6 is 11.3 Å². The van der Waals surface area contributed by atoms with Gasteiger partial charge in [0.15, 0.2) is 5.13 Å². The number of nitrogen functional groups attached to an aromatic ring is 1. The second kappa shape index (κ2) is 5.33. The van der Waals surface area contributed by atoms with E-state index in [0.717, 1.165) is 32.7 Å². The van der Waals surface area contributed by atoms with Gasteiger partial charge in [-0.15, -0.1) is 0 Å². The fraction of sp³-hybridized carbons (Fsp3) is 0.0667. The summed E-state index contributed by atoms with van der Waals surface area (Å²) in [6.07, 6.45) is 7.16. The molecule has 0 fully saturated rings. The zero-order chi connectivity index (χ0) is 15.8. The summed E-state index contributed by atoms with van der Waals surface area (Å²) in [7, 11) is 1.88. The van der Waals surface area contributed by atoms with Gasteiger partial charge in [0.2, 0.25) is 0 Å². The summed E-state index contributed by atoms with van der Waals surface area (Å²) in [6.45, 7) is 0. The van der Waals surface area contributed by atoms with E-state index in [1.165, 1.54) is 11.3 Å². The van der Waals surface area contributed by atoms with Crippen molar-refractivity contribution in [2.75, 3.05) is 11.1 Å². The topological polar surface area (TPSA) is 94.5 Å². The minimum Gasteiger partial charge on any atom is -0.375 e. The third kappa shape index (κ3) is 2.59. The molecule has 23 heavy (non-hydrogen) atoms. The van der Waals surface area contributed by atoms with Crippen molar-refractivity contribution in [2.24, 2.45) is 7.05 Å². The van der Waals surface area contributed by atoms with Crippen LogP contribution in [0.4, 0.5) is 16.5 Å². The van der Waals surface area contributed by atoms with E-state index in [9.17, 15) is 0 Å². The summed E-state index contributed by atoms with van der Waals surface area (Å²) in [6, 6.07) is 6.01. The molecule has 4 rings (SSSR count). The van der Waals surface area contributed by atoms with E-state index in [0.29, 0.717) is 5.13 Å². The number of nitrogens with two attached hydrogens (primary N) is 1. The Hall–Kier alpha value is -3.00. The maximum Gasteiger partial charge on any atom is 0.180 e. The zero-order valence-electron chi connectivity index (χ0n) is 12.3. The molecule has 0 atom stereocenters. The number of nitrogens with one attached hydrogen (secondary N) is 1. The molecule has 0 saturated heterocycles. The molecule has 114 valence electrons. The predicted molar refractivity (Wildman–Crippen MR) is 91.5 cm³/mol. The van der Waals surface area contributed by atoms with Crippen molar-refractivity contribution in [3.63, 3.8) is 0 Å². The highest BCUT2D eigenvalue weighted by Gasteiger charge is 2.08. The van der Waals surface area contributed by atoms with Crippen LogP contribution in [0.25, 0.3) is 21.3 Å². The lowest BCUT2D eigenvalue weighted by atomic mass is 10.1. The standard InChI is InChI=1S/C15H13N7S/c1-22-8-10(5-19-22)20-13-6-18-21-12-3-2-9(4-11(12)13)14-7-17-15(16)23-14/h2-8H,1H3,(H2,16,17)(H,20,21). The monoisotopic (exact) mass is 323 g/mol. The first-order valence-corrected chi connectivity index (χ1v) is 7.73. The predicted octanol–water partition coefficient (Wildman–Crippen LogP) is 2.81. The zero-order valence-corrected chi connectivity index (χ0v) is 13.1. The van der Waals surface area contributed by atoms with Crippen LogP contribution in [0.3, 0.4) is 0 Å². The summed E-state index contributed by atoms with van der Waals surface area (Å²) >= 11 is 1.46. The van der Waals surface area contributed by atoms with E-state index < -0.39 is 0 Å². The number of hydrogen-bond donors (Lipinski definition) is 2. The lowest BCUT2D eigenvalue weighted by Crippen LogP contribution is -1.94. The number of rotatable bonds is 3. The second-order valence-corrected chi connectivity index (χ2v) is 6.14. The van der Waals surface area contributed by atoms with Gasteiger partial charge >= 0.3 is 0 Å². The summed E-state index contributed by atoms with van der Waals surface area (Å²) in [4.78, 5) is 5.13. The van der Waals surface area contributed by atoms with E-state index in [4.69, 9.17) is 5.73 Å². The Kier molecular flexibility index (Phi) is 3.16. The number of benzene rings is 1. The van der Waals surface area contributed by atoms with Crippen molar-refractivity contribution in [1.82, 2.24) is 25.0 Å². The number of hydrogen-bond acceptors (Lipinski definition) is 7. The van der Waals surface area contributed by atoms with Gasteiger partial charge in [-0.2, -0.15) is 15.3 Å². The van der Waals surface area contributed by atoms with Gasteiger partial charge in [0, 0.05) is 24.8 Å². The lowest BCUT2D eigenvalue weighted by molar-refractivity contribution is 0.768. The molecule has 1 aromatic carbocycles. The van der Waals surface area contributed by atoms with Crippen LogP contribution in [0.1, 0.15) is 0 Å². The molecule has 8 heteroatoms. The smallest absolute Gasteiger partial charge is 0.180 e. The number of aromatic nitrogens is 5. The molecule has 4 aromatic rings. The van der Waals surface area contributed by atoms with Gasteiger partial charge in [-0.3, -0.25) is 4.68 Å². The SMILES string of the molecule is Cn1cc(Nc2cnnc3ccc(-c4cnc(N)s4)cc23)cn1. The van der Waals surface area contributed by atoms with Gasteiger partial charge in [0.1, 0.15) is 0 Å². The molecule has 0 spiro atoms. The largest absolute Gasteiger partial charge is 0.375 e. The third-order valence-electron chi connectivity index (χ3n) is 3.43. The molecule has 0 amide bonds. The summed E-state index contributed by atoms with van der Waals surface area (Å²) in [5, 5.41) is 17.3. The number of anilines is 3. The van der Waals surface area contributed by atoms with Gasteiger partial charge in [0.05, 0.1) is 34.2 Å². The molecular formula is C15H13N7S. The molecule has 0 aliphatic carbocycles. The molecule has 0 radical (unpaired) electrons. The fourth-order valence-corrected chi connectivity index (χ4v) is 3.05. The Morgan fingerprint density at radius 2 is 2.13 bits per heavy atom. The average molecular weight is 323 g/mol. The van der Waals surface area contributed by atoms with Crippen molar-refractivity contribution < 1.29 is 0 Å². The summed E-state index contributed by atoms with van der Waals surface area (Å²) in [5.74, 6) is 0. The van der Waals surface area contributed by atoms with Crippen LogP contribution < -0.4 is 11.1 Å². The average Bonchev–Trinajstić information content (AvgIpc) is 3.16. The Balaban J connectivity index is 1.81. The Labute approximate surface area is 135 Å². The van der Waals surface area contributed by atoms with Crippen LogP contribution in [0, 0.1) is 0 Å². The summed E-state index contributed by atoms with van der Waals surface area (Å²) < 4.78 is 1.74. The molecular weight excluding hydrogens is 310 g/mol. The van der Waals surface area contributed by atoms with Crippen molar-refractivity contribution in [3.05, 3.63) is 43.0 Å². The molecule has 0 bridgehead atoms. The first-order valence-electron chi connectivity index (χ1n) is 6.92. The number of thiazole rings is 1. The molecule has 0 aliphatic heterocycles. The lowest BCUT2D eigenvalue weighted by Gasteiger charge is -2.07. The van der Waals surface area contributed by atoms with Crippen molar-refractivity contribution in [2.45, 2.75) is 0 Å². The Morgan fingerprint density at radius 3 is 2.87 bits per heavy atom. The van der Waals surface area contributed by atoms with E-state index in [2.05, 4.69) is 31.7 Å². The first kappa shape index (κ1) is 13.6. The van der Waals surface area contributed by atoms with Crippen LogP contribution in [-0.2, 0) is 7.05 Å². The molecule has 0 aliphatic rings. The van der Waals surface area contributed by atoms with Crippen LogP contribution in [0.2, 0.25) is 0 Å².